The van der Waals surface area contributed by atoms with E-state index in [0.717, 1.165) is 17.2 Å². The van der Waals surface area contributed by atoms with Crippen LogP contribution in [0.5, 0.6) is 0 Å². The highest BCUT2D eigenvalue weighted by Gasteiger charge is 2.19. The van der Waals surface area contributed by atoms with Gasteiger partial charge in [-0.1, -0.05) is 36.4 Å². The van der Waals surface area contributed by atoms with Gasteiger partial charge in [0.1, 0.15) is 5.82 Å². The number of nitrogens with zero attached hydrogens (tertiary/aromatic N) is 1. The molecule has 1 heterocycles. The fourth-order valence-electron chi connectivity index (χ4n) is 3.11. The Morgan fingerprint density at radius 3 is 2.63 bits per heavy atom. The summed E-state index contributed by atoms with van der Waals surface area (Å²) < 4.78 is 14.4. The second kappa shape index (κ2) is 9.76. The topological polar surface area (TPSA) is 112 Å². The summed E-state index contributed by atoms with van der Waals surface area (Å²) >= 11 is 0. The fourth-order valence-corrected chi connectivity index (χ4v) is 3.11. The van der Waals surface area contributed by atoms with E-state index in [4.69, 9.17) is 11.1 Å². The van der Waals surface area contributed by atoms with Crippen molar-refractivity contribution in [2.45, 2.75) is 18.9 Å². The second-order valence-corrected chi connectivity index (χ2v) is 6.88. The summed E-state index contributed by atoms with van der Waals surface area (Å²) in [6, 6.07) is 14.5. The van der Waals surface area contributed by atoms with Crippen LogP contribution in [0.1, 0.15) is 39.5 Å². The number of aliphatic hydroxyl groups excluding tert-OH is 1. The molecule has 0 saturated heterocycles. The third kappa shape index (κ3) is 5.07. The lowest BCUT2D eigenvalue weighted by molar-refractivity contribution is 0.0916. The summed E-state index contributed by atoms with van der Waals surface area (Å²) in [5.41, 5.74) is 7.71. The lowest BCUT2D eigenvalue weighted by Gasteiger charge is -2.18. The Morgan fingerprint density at radius 2 is 1.97 bits per heavy atom. The molecular weight excluding hydrogens is 383 g/mol. The average molecular weight is 406 g/mol. The van der Waals surface area contributed by atoms with E-state index in [1.165, 1.54) is 6.07 Å². The number of nitrogen functional groups attached to an aromatic ring is 1. The molecule has 6 nitrogen and oxygen atoms in total. The molecule has 0 spiro atoms. The number of nitrogens with one attached hydrogen (secondary N) is 2. The number of rotatable bonds is 8. The molecule has 0 aliphatic carbocycles. The van der Waals surface area contributed by atoms with Crippen molar-refractivity contribution < 1.29 is 14.3 Å². The van der Waals surface area contributed by atoms with Crippen LogP contribution < -0.4 is 11.1 Å². The number of hydrogen-bond donors (Lipinski definition) is 4. The summed E-state index contributed by atoms with van der Waals surface area (Å²) in [6.07, 6.45) is 4.24. The number of pyridine rings is 1. The van der Waals surface area contributed by atoms with Crippen molar-refractivity contribution in [1.82, 2.24) is 10.3 Å². The van der Waals surface area contributed by atoms with Crippen LogP contribution in [0.15, 0.2) is 67.0 Å². The van der Waals surface area contributed by atoms with Crippen LogP contribution in [-0.4, -0.2) is 28.3 Å². The molecule has 3 aromatic rings. The Labute approximate surface area is 174 Å². The number of halogens is 1. The monoisotopic (exact) mass is 406 g/mol. The van der Waals surface area contributed by atoms with Crippen molar-refractivity contribution >= 4 is 17.3 Å². The van der Waals surface area contributed by atoms with Crippen molar-refractivity contribution in [3.05, 3.63) is 95.1 Å². The lowest BCUT2D eigenvalue weighted by Crippen LogP contribution is -2.31. The molecule has 0 fully saturated rings. The van der Waals surface area contributed by atoms with E-state index < -0.39 is 17.8 Å². The molecule has 1 unspecified atom stereocenters. The van der Waals surface area contributed by atoms with Gasteiger partial charge in [0, 0.05) is 29.2 Å². The van der Waals surface area contributed by atoms with E-state index in [1.807, 2.05) is 18.2 Å². The van der Waals surface area contributed by atoms with Crippen LogP contribution in [-0.2, 0) is 6.42 Å². The number of aromatic nitrogens is 1. The molecule has 1 aromatic heterocycles. The normalized spacial score (nSPS) is 11.7. The molecule has 0 bridgehead atoms. The predicted octanol–water partition coefficient (Wildman–Crippen LogP) is 3.27. The van der Waals surface area contributed by atoms with Crippen LogP contribution >= 0.6 is 0 Å². The van der Waals surface area contributed by atoms with E-state index in [0.29, 0.717) is 12.8 Å². The van der Waals surface area contributed by atoms with E-state index in [2.05, 4.69) is 10.3 Å². The van der Waals surface area contributed by atoms with Gasteiger partial charge in [-0.15, -0.1) is 0 Å². The number of nitrogens with two attached hydrogens (primary N) is 1. The highest BCUT2D eigenvalue weighted by Crippen LogP contribution is 2.22. The van der Waals surface area contributed by atoms with Gasteiger partial charge in [0.25, 0.3) is 5.91 Å². The first-order chi connectivity index (χ1) is 14.5. The Balaban J connectivity index is 1.78. The average Bonchev–Trinajstić information content (AvgIpc) is 2.78. The number of carbonyl (C=O) groups excluding carboxylic acids is 1. The first kappa shape index (κ1) is 21.1. The molecular formula is C23H23FN4O2. The molecule has 3 rings (SSSR count). The minimum atomic E-state index is -0.760. The second-order valence-electron chi connectivity index (χ2n) is 6.88. The highest BCUT2D eigenvalue weighted by atomic mass is 19.1. The van der Waals surface area contributed by atoms with Crippen LogP contribution in [0.4, 0.5) is 10.1 Å². The van der Waals surface area contributed by atoms with E-state index in [1.54, 1.807) is 36.7 Å². The van der Waals surface area contributed by atoms with Crippen LogP contribution in [0.25, 0.3) is 0 Å². The smallest absolute Gasteiger partial charge is 0.251 e. The van der Waals surface area contributed by atoms with Gasteiger partial charge in [-0.3, -0.25) is 9.78 Å². The number of aliphatic hydroxyl groups is 1. The maximum atomic E-state index is 14.4. The van der Waals surface area contributed by atoms with Crippen molar-refractivity contribution in [2.75, 3.05) is 12.3 Å². The standard InChI is InChI=1S/C23H23FN4O2/c24-19-12-17(23(30)28-21(14-29)16-6-2-1-3-7-16)11-18(22(19)26)20(25)9-8-15-5-4-10-27-13-15/h1-7,10-13,21,25,29H,8-9,14,26H2,(H,28,30). The summed E-state index contributed by atoms with van der Waals surface area (Å²) in [6.45, 7) is -0.305. The van der Waals surface area contributed by atoms with E-state index >= 15 is 0 Å². The summed E-state index contributed by atoms with van der Waals surface area (Å²) in [4.78, 5) is 16.7. The quantitative estimate of drug-likeness (QED) is 0.340. The Hall–Kier alpha value is -3.58. The predicted molar refractivity (Wildman–Crippen MR) is 114 cm³/mol. The molecule has 1 atom stereocenters. The van der Waals surface area contributed by atoms with Gasteiger partial charge >= 0.3 is 0 Å². The first-order valence-corrected chi connectivity index (χ1v) is 9.52. The van der Waals surface area contributed by atoms with Gasteiger partial charge in [-0.2, -0.15) is 0 Å². The summed E-state index contributed by atoms with van der Waals surface area (Å²) in [5.74, 6) is -1.32. The molecule has 0 aliphatic heterocycles. The molecule has 0 aliphatic rings. The molecule has 1 amide bonds. The molecule has 5 N–H and O–H groups in total. The molecule has 30 heavy (non-hydrogen) atoms. The van der Waals surface area contributed by atoms with Crippen molar-refractivity contribution in [2.24, 2.45) is 0 Å². The summed E-state index contributed by atoms with van der Waals surface area (Å²) in [7, 11) is 0. The lowest BCUT2D eigenvalue weighted by atomic mass is 9.98. The number of hydrogen-bond acceptors (Lipinski definition) is 5. The van der Waals surface area contributed by atoms with Crippen molar-refractivity contribution in [1.29, 1.82) is 5.41 Å². The van der Waals surface area contributed by atoms with Gasteiger partial charge in [0.15, 0.2) is 0 Å². The van der Waals surface area contributed by atoms with Crippen molar-refractivity contribution in [3.63, 3.8) is 0 Å². The minimum Gasteiger partial charge on any atom is -0.396 e. The number of anilines is 1. The number of carbonyl (C=O) groups is 1. The van der Waals surface area contributed by atoms with Gasteiger partial charge in [0.05, 0.1) is 18.3 Å². The molecule has 0 radical (unpaired) electrons. The van der Waals surface area contributed by atoms with Gasteiger partial charge in [-0.25, -0.2) is 4.39 Å². The third-order valence-corrected chi connectivity index (χ3v) is 4.79. The maximum absolute atomic E-state index is 14.4. The Kier molecular flexibility index (Phi) is 6.87. The van der Waals surface area contributed by atoms with Crippen LogP contribution in [0, 0.1) is 11.2 Å². The van der Waals surface area contributed by atoms with Crippen molar-refractivity contribution in [3.8, 4) is 0 Å². The zero-order chi connectivity index (χ0) is 21.5. The third-order valence-electron chi connectivity index (χ3n) is 4.79. The largest absolute Gasteiger partial charge is 0.396 e. The van der Waals surface area contributed by atoms with E-state index in [-0.39, 0.29) is 29.1 Å². The zero-order valence-electron chi connectivity index (χ0n) is 16.3. The molecule has 154 valence electrons. The van der Waals surface area contributed by atoms with Crippen LogP contribution in [0.2, 0.25) is 0 Å². The number of amides is 1. The SMILES string of the molecule is N=C(CCc1cccnc1)c1cc(C(=O)NC(CO)c2ccccc2)cc(F)c1N. The first-order valence-electron chi connectivity index (χ1n) is 9.52. The zero-order valence-corrected chi connectivity index (χ0v) is 16.3. The Bertz CT molecular complexity index is 1030. The molecule has 7 heteroatoms. The van der Waals surface area contributed by atoms with E-state index in [9.17, 15) is 14.3 Å². The maximum Gasteiger partial charge on any atom is 0.251 e. The molecule has 0 saturated carbocycles. The van der Waals surface area contributed by atoms with Gasteiger partial charge in [0.2, 0.25) is 0 Å². The Morgan fingerprint density at radius 1 is 1.20 bits per heavy atom. The van der Waals surface area contributed by atoms with Gasteiger partial charge in [-0.05, 0) is 42.2 Å². The number of aryl methyl sites for hydroxylation is 1. The summed E-state index contributed by atoms with van der Waals surface area (Å²) in [5, 5.41) is 20.7. The molecule has 2 aromatic carbocycles. The number of benzene rings is 2. The minimum absolute atomic E-state index is 0.0391. The van der Waals surface area contributed by atoms with Gasteiger partial charge < -0.3 is 21.6 Å². The fraction of sp³-hybridized carbons (Fsp3) is 0.174. The highest BCUT2D eigenvalue weighted by molar-refractivity contribution is 6.05. The van der Waals surface area contributed by atoms with Crippen LogP contribution in [0.3, 0.4) is 0 Å².